The van der Waals surface area contributed by atoms with Crippen LogP contribution in [0.2, 0.25) is 0 Å². The molecular weight excluding hydrogens is 318 g/mol. The standard InChI is InChI=1S/C20H21NO4/c1-12-18(13-5-7-14(24-4)8-6-13)19(23)15-9-10-17(22)16(11-21(2)3)20(15)25-12/h5-10,22H,11H2,1-4H3/p+1. The van der Waals surface area contributed by atoms with Crippen LogP contribution >= 0.6 is 0 Å². The van der Waals surface area contributed by atoms with Crippen LogP contribution < -0.4 is 15.1 Å². The van der Waals surface area contributed by atoms with Gasteiger partial charge in [0.1, 0.15) is 23.8 Å². The van der Waals surface area contributed by atoms with Crippen molar-refractivity contribution in [3.8, 4) is 22.6 Å². The first kappa shape index (κ1) is 17.0. The van der Waals surface area contributed by atoms with Crippen molar-refractivity contribution in [3.63, 3.8) is 0 Å². The van der Waals surface area contributed by atoms with Gasteiger partial charge in [-0.3, -0.25) is 4.79 Å². The highest BCUT2D eigenvalue weighted by Crippen LogP contribution is 2.30. The molecule has 0 aliphatic rings. The number of phenols is 1. The van der Waals surface area contributed by atoms with Gasteiger partial charge in [0, 0.05) is 0 Å². The van der Waals surface area contributed by atoms with E-state index in [0.717, 1.165) is 16.2 Å². The van der Waals surface area contributed by atoms with Crippen molar-refractivity contribution in [1.82, 2.24) is 0 Å². The highest BCUT2D eigenvalue weighted by Gasteiger charge is 2.19. The first-order chi connectivity index (χ1) is 11.9. The van der Waals surface area contributed by atoms with Crippen molar-refractivity contribution in [2.24, 2.45) is 0 Å². The van der Waals surface area contributed by atoms with Gasteiger partial charge < -0.3 is 19.2 Å². The van der Waals surface area contributed by atoms with Gasteiger partial charge in [0.2, 0.25) is 5.43 Å². The summed E-state index contributed by atoms with van der Waals surface area (Å²) in [6.07, 6.45) is 0. The molecule has 0 aliphatic heterocycles. The first-order valence-corrected chi connectivity index (χ1v) is 8.14. The molecule has 3 rings (SSSR count). The minimum atomic E-state index is -0.0982. The van der Waals surface area contributed by atoms with Crippen LogP contribution in [0.15, 0.2) is 45.6 Å². The van der Waals surface area contributed by atoms with Crippen LogP contribution in [0, 0.1) is 6.92 Å². The van der Waals surface area contributed by atoms with Gasteiger partial charge in [-0.05, 0) is 36.8 Å². The average molecular weight is 340 g/mol. The SMILES string of the molecule is COc1ccc(-c2c(C)oc3c(C[NH+](C)C)c(O)ccc3c2=O)cc1. The van der Waals surface area contributed by atoms with Gasteiger partial charge in [-0.25, -0.2) is 0 Å². The van der Waals surface area contributed by atoms with Gasteiger partial charge in [0.15, 0.2) is 5.58 Å². The van der Waals surface area contributed by atoms with Crippen molar-refractivity contribution in [2.75, 3.05) is 21.2 Å². The summed E-state index contributed by atoms with van der Waals surface area (Å²) in [5.41, 5.74) is 2.32. The number of quaternary nitrogens is 1. The zero-order valence-corrected chi connectivity index (χ0v) is 14.8. The lowest BCUT2D eigenvalue weighted by Crippen LogP contribution is -3.04. The maximum absolute atomic E-state index is 13.1. The Balaban J connectivity index is 2.26. The van der Waals surface area contributed by atoms with E-state index in [9.17, 15) is 9.90 Å². The molecule has 5 heteroatoms. The minimum absolute atomic E-state index is 0.0982. The number of rotatable bonds is 4. The topological polar surface area (TPSA) is 64.1 Å². The van der Waals surface area contributed by atoms with Crippen LogP contribution in [0.3, 0.4) is 0 Å². The number of benzene rings is 2. The van der Waals surface area contributed by atoms with Crippen LogP contribution in [-0.2, 0) is 6.54 Å². The van der Waals surface area contributed by atoms with E-state index in [-0.39, 0.29) is 11.2 Å². The van der Waals surface area contributed by atoms with E-state index in [0.29, 0.717) is 34.4 Å². The summed E-state index contributed by atoms with van der Waals surface area (Å²) in [5, 5.41) is 10.7. The van der Waals surface area contributed by atoms with Crippen molar-refractivity contribution < 1.29 is 19.2 Å². The lowest BCUT2D eigenvalue weighted by atomic mass is 10.0. The Kier molecular flexibility index (Phi) is 4.51. The lowest BCUT2D eigenvalue weighted by Gasteiger charge is -2.13. The molecule has 1 aromatic heterocycles. The largest absolute Gasteiger partial charge is 0.507 e. The van der Waals surface area contributed by atoms with Crippen LogP contribution in [-0.4, -0.2) is 26.3 Å². The van der Waals surface area contributed by atoms with Gasteiger partial charge in [-0.15, -0.1) is 0 Å². The maximum Gasteiger partial charge on any atom is 0.200 e. The van der Waals surface area contributed by atoms with Gasteiger partial charge in [0.25, 0.3) is 0 Å². The van der Waals surface area contributed by atoms with Gasteiger partial charge in [-0.2, -0.15) is 0 Å². The molecule has 0 saturated carbocycles. The molecule has 0 amide bonds. The van der Waals surface area contributed by atoms with E-state index in [1.54, 1.807) is 26.2 Å². The number of aromatic hydroxyl groups is 1. The number of hydrogen-bond acceptors (Lipinski definition) is 4. The second kappa shape index (κ2) is 6.61. The van der Waals surface area contributed by atoms with E-state index in [2.05, 4.69) is 0 Å². The summed E-state index contributed by atoms with van der Waals surface area (Å²) in [7, 11) is 5.56. The highest BCUT2D eigenvalue weighted by atomic mass is 16.5. The van der Waals surface area contributed by atoms with Crippen LogP contribution in [0.1, 0.15) is 11.3 Å². The lowest BCUT2D eigenvalue weighted by molar-refractivity contribution is -0.872. The van der Waals surface area contributed by atoms with E-state index in [1.165, 1.54) is 0 Å². The summed E-state index contributed by atoms with van der Waals surface area (Å²) in [6, 6.07) is 10.5. The molecule has 25 heavy (non-hydrogen) atoms. The van der Waals surface area contributed by atoms with Crippen molar-refractivity contribution in [1.29, 1.82) is 0 Å². The fourth-order valence-corrected chi connectivity index (χ4v) is 3.03. The summed E-state index contributed by atoms with van der Waals surface area (Å²) in [6.45, 7) is 2.34. The third-order valence-electron chi connectivity index (χ3n) is 4.22. The Morgan fingerprint density at radius 1 is 1.12 bits per heavy atom. The number of methoxy groups -OCH3 is 1. The Labute approximate surface area is 146 Å². The monoisotopic (exact) mass is 340 g/mol. The highest BCUT2D eigenvalue weighted by molar-refractivity contribution is 5.86. The fraction of sp³-hybridized carbons (Fsp3) is 0.250. The van der Waals surface area contributed by atoms with Gasteiger partial charge in [0.05, 0.1) is 37.7 Å². The quantitative estimate of drug-likeness (QED) is 0.764. The summed E-state index contributed by atoms with van der Waals surface area (Å²) < 4.78 is 11.2. The first-order valence-electron chi connectivity index (χ1n) is 8.14. The molecule has 2 N–H and O–H groups in total. The van der Waals surface area contributed by atoms with Crippen LogP contribution in [0.5, 0.6) is 11.5 Å². The molecular formula is C20H22NO4+. The molecule has 2 aromatic carbocycles. The Bertz CT molecular complexity index is 972. The minimum Gasteiger partial charge on any atom is -0.507 e. The maximum atomic E-state index is 13.1. The number of ether oxygens (including phenoxy) is 1. The molecule has 0 aliphatic carbocycles. The number of hydrogen-bond donors (Lipinski definition) is 2. The average Bonchev–Trinajstić information content (AvgIpc) is 2.58. The molecule has 0 bridgehead atoms. The Hall–Kier alpha value is -2.79. The summed E-state index contributed by atoms with van der Waals surface area (Å²) in [4.78, 5) is 14.2. The third-order valence-corrected chi connectivity index (χ3v) is 4.22. The van der Waals surface area contributed by atoms with E-state index < -0.39 is 0 Å². The fourth-order valence-electron chi connectivity index (χ4n) is 3.03. The number of aryl methyl sites for hydroxylation is 1. The molecule has 0 fully saturated rings. The van der Waals surface area contributed by atoms with Crippen molar-refractivity contribution >= 4 is 11.0 Å². The molecule has 1 heterocycles. The predicted octanol–water partition coefficient (Wildman–Crippen LogP) is 2.13. The normalized spacial score (nSPS) is 11.2. The summed E-state index contributed by atoms with van der Waals surface area (Å²) in [5.74, 6) is 1.41. The van der Waals surface area contributed by atoms with E-state index in [1.807, 2.05) is 38.4 Å². The van der Waals surface area contributed by atoms with Gasteiger partial charge >= 0.3 is 0 Å². The van der Waals surface area contributed by atoms with Crippen molar-refractivity contribution in [3.05, 3.63) is 57.9 Å². The Morgan fingerprint density at radius 3 is 2.40 bits per heavy atom. The molecule has 0 atom stereocenters. The molecule has 5 nitrogen and oxygen atoms in total. The van der Waals surface area contributed by atoms with E-state index >= 15 is 0 Å². The summed E-state index contributed by atoms with van der Waals surface area (Å²) >= 11 is 0. The third kappa shape index (κ3) is 3.10. The molecule has 0 spiro atoms. The molecule has 0 saturated heterocycles. The molecule has 0 unspecified atom stereocenters. The van der Waals surface area contributed by atoms with Crippen LogP contribution in [0.25, 0.3) is 22.1 Å². The second-order valence-electron chi connectivity index (χ2n) is 6.41. The van der Waals surface area contributed by atoms with Crippen molar-refractivity contribution in [2.45, 2.75) is 13.5 Å². The second-order valence-corrected chi connectivity index (χ2v) is 6.41. The number of phenolic OH excluding ortho intramolecular Hbond substituents is 1. The zero-order valence-electron chi connectivity index (χ0n) is 14.8. The predicted molar refractivity (Wildman–Crippen MR) is 97.4 cm³/mol. The van der Waals surface area contributed by atoms with Crippen LogP contribution in [0.4, 0.5) is 0 Å². The number of fused-ring (bicyclic) bond motifs is 1. The number of nitrogens with one attached hydrogen (secondary N) is 1. The van der Waals surface area contributed by atoms with Gasteiger partial charge in [-0.1, -0.05) is 12.1 Å². The molecule has 3 aromatic rings. The zero-order chi connectivity index (χ0) is 18.1. The van der Waals surface area contributed by atoms with E-state index in [4.69, 9.17) is 9.15 Å². The molecule has 0 radical (unpaired) electrons. The Morgan fingerprint density at radius 2 is 1.80 bits per heavy atom. The smallest absolute Gasteiger partial charge is 0.200 e. The molecule has 130 valence electrons.